The highest BCUT2D eigenvalue weighted by atomic mass is 32.1. The molecule has 526 valence electrons. The predicted octanol–water partition coefficient (Wildman–Crippen LogP) is 22.1. The summed E-state index contributed by atoms with van der Waals surface area (Å²) in [5.41, 5.74) is 23.7. The molecule has 1 fully saturated rings. The van der Waals surface area contributed by atoms with Gasteiger partial charge < -0.3 is 34.2 Å². The average molecular weight is 1420 g/mol. The molecule has 14 rings (SSSR count). The molecule has 107 heavy (non-hydrogen) atoms. The molecule has 0 aromatic heterocycles. The Morgan fingerprint density at radius 2 is 0.542 bits per heavy atom. The minimum atomic E-state index is -0.231. The van der Waals surface area contributed by atoms with Gasteiger partial charge in [-0.3, -0.25) is 24.5 Å². The van der Waals surface area contributed by atoms with E-state index in [0.717, 1.165) is 104 Å². The molecule has 1 saturated heterocycles. The Morgan fingerprint density at radius 3 is 0.785 bits per heavy atom. The molecule has 13 heteroatoms. The van der Waals surface area contributed by atoms with Crippen LogP contribution in [0.5, 0.6) is 17.2 Å². The lowest BCUT2D eigenvalue weighted by atomic mass is 9.95. The standard InChI is InChI=1S/C38H31N3O2S.C35H29NO2.C21H17NO3/c1-26-8-14-30(15-9-26)35(29-6-4-3-5-7-29)24-27-10-16-31(17-11-27)41(33-20-22-34(43-2)23-21-33)32-18-12-28(13-19-32)25-36-37(42)40-38(44)39-36;1-26-8-14-30(15-9-26)35(29-6-4-3-5-7-29)24-27-10-16-31(17-11-27)36(32-18-12-28(25-37)13-19-32)33-20-22-34(38-2)23-21-33;1-25-21-12-10-20(11-13-21)22(18-6-2-16(14-23)3-7-18)19-8-4-17(15-24)5-9-19/h3-25H,1-2H3,(H2,39,40,42,44);3-25H,1-2H3;2-15H,1H3/b35-24+,36-25-;35-24+;. The first-order valence-electron chi connectivity index (χ1n) is 34.7. The molecular weight excluding hydrogens is 1340 g/mol. The summed E-state index contributed by atoms with van der Waals surface area (Å²) in [5.74, 6) is 2.14. The van der Waals surface area contributed by atoms with Gasteiger partial charge in [-0.15, -0.1) is 0 Å². The van der Waals surface area contributed by atoms with Crippen molar-refractivity contribution in [3.05, 3.63) is 400 Å². The summed E-state index contributed by atoms with van der Waals surface area (Å²) in [6, 6.07) is 109. The monoisotopic (exact) mass is 1420 g/mol. The lowest BCUT2D eigenvalue weighted by Gasteiger charge is -2.26. The van der Waals surface area contributed by atoms with Gasteiger partial charge in [-0.05, 0) is 276 Å². The summed E-state index contributed by atoms with van der Waals surface area (Å²) in [6.07, 6.45) is 8.76. The highest BCUT2D eigenvalue weighted by molar-refractivity contribution is 7.80. The van der Waals surface area contributed by atoms with E-state index in [2.05, 4.69) is 192 Å². The Kier molecular flexibility index (Phi) is 24.2. The minimum Gasteiger partial charge on any atom is -0.497 e. The smallest absolute Gasteiger partial charge is 0.273 e. The summed E-state index contributed by atoms with van der Waals surface area (Å²) in [5, 5.41) is 5.81. The maximum atomic E-state index is 12.1. The summed E-state index contributed by atoms with van der Waals surface area (Å²) in [4.78, 5) is 51.5. The molecule has 12 nitrogen and oxygen atoms in total. The number of nitrogens with zero attached hydrogens (tertiary/aromatic N) is 3. The maximum absolute atomic E-state index is 12.1. The third kappa shape index (κ3) is 18.7. The molecule has 1 aliphatic rings. The number of amides is 1. The van der Waals surface area contributed by atoms with E-state index >= 15 is 0 Å². The van der Waals surface area contributed by atoms with Crippen LogP contribution in [0.2, 0.25) is 0 Å². The molecule has 0 saturated carbocycles. The molecule has 2 N–H and O–H groups in total. The largest absolute Gasteiger partial charge is 0.497 e. The first-order valence-corrected chi connectivity index (χ1v) is 35.1. The van der Waals surface area contributed by atoms with Crippen LogP contribution < -0.4 is 39.5 Å². The summed E-state index contributed by atoms with van der Waals surface area (Å²) >= 11 is 5.05. The fourth-order valence-corrected chi connectivity index (χ4v) is 12.4. The van der Waals surface area contributed by atoms with E-state index in [4.69, 9.17) is 26.4 Å². The van der Waals surface area contributed by atoms with Gasteiger partial charge in [0.15, 0.2) is 5.11 Å². The number of hydrogen-bond acceptors (Lipinski definition) is 11. The van der Waals surface area contributed by atoms with Crippen LogP contribution in [-0.4, -0.2) is 51.2 Å². The molecule has 0 atom stereocenters. The number of hydrogen-bond donors (Lipinski definition) is 2. The van der Waals surface area contributed by atoms with Gasteiger partial charge in [0, 0.05) is 67.9 Å². The van der Waals surface area contributed by atoms with E-state index in [-0.39, 0.29) is 5.91 Å². The summed E-state index contributed by atoms with van der Waals surface area (Å²) in [6.45, 7) is 4.21. The van der Waals surface area contributed by atoms with E-state index < -0.39 is 0 Å². The third-order valence-electron chi connectivity index (χ3n) is 17.9. The predicted molar refractivity (Wildman–Crippen MR) is 440 cm³/mol. The zero-order valence-electron chi connectivity index (χ0n) is 59.7. The van der Waals surface area contributed by atoms with Gasteiger partial charge in [0.2, 0.25) is 0 Å². The molecule has 13 aromatic rings. The number of anilines is 9. The van der Waals surface area contributed by atoms with Crippen molar-refractivity contribution in [1.29, 1.82) is 0 Å². The molecule has 1 amide bonds. The fraction of sp³-hybridized carbons (Fsp3) is 0.0532. The topological polar surface area (TPSA) is 130 Å². The van der Waals surface area contributed by atoms with E-state index in [1.807, 2.05) is 163 Å². The number of rotatable bonds is 22. The molecule has 0 unspecified atom stereocenters. The van der Waals surface area contributed by atoms with Gasteiger partial charge in [-0.1, -0.05) is 157 Å². The normalized spacial score (nSPS) is 12.0. The van der Waals surface area contributed by atoms with Crippen molar-refractivity contribution in [3.63, 3.8) is 0 Å². The Balaban J connectivity index is 0.000000156. The van der Waals surface area contributed by atoms with Crippen LogP contribution in [0.25, 0.3) is 29.4 Å². The van der Waals surface area contributed by atoms with Gasteiger partial charge in [0.1, 0.15) is 41.8 Å². The van der Waals surface area contributed by atoms with Crippen LogP contribution in [0.1, 0.15) is 81.1 Å². The Hall–Kier alpha value is -13.8. The maximum Gasteiger partial charge on any atom is 0.273 e. The number of thiocarbonyl (C=S) groups is 1. The van der Waals surface area contributed by atoms with Gasteiger partial charge in [-0.2, -0.15) is 0 Å². The van der Waals surface area contributed by atoms with Crippen molar-refractivity contribution in [3.8, 4) is 17.2 Å². The molecule has 0 spiro atoms. The molecule has 13 aromatic carbocycles. The number of carbonyl (C=O) groups is 4. The number of benzene rings is 13. The van der Waals surface area contributed by atoms with Crippen LogP contribution >= 0.6 is 12.2 Å². The average Bonchev–Trinajstić information content (AvgIpc) is 0.955. The number of ether oxygens (including phenoxy) is 3. The summed E-state index contributed by atoms with van der Waals surface area (Å²) in [7, 11) is 4.96. The van der Waals surface area contributed by atoms with Gasteiger partial charge in [0.05, 0.1) is 21.3 Å². The second-order valence-electron chi connectivity index (χ2n) is 25.0. The molecule has 0 bridgehead atoms. The Labute approximate surface area is 630 Å². The van der Waals surface area contributed by atoms with Crippen LogP contribution in [-0.2, 0) is 4.79 Å². The Morgan fingerprint density at radius 1 is 0.299 bits per heavy atom. The Bertz CT molecular complexity index is 5200. The fourth-order valence-electron chi connectivity index (χ4n) is 12.2. The lowest BCUT2D eigenvalue weighted by molar-refractivity contribution is -0.115. The van der Waals surface area contributed by atoms with E-state index in [1.54, 1.807) is 51.7 Å². The molecule has 1 heterocycles. The first kappa shape index (κ1) is 73.0. The van der Waals surface area contributed by atoms with Crippen LogP contribution in [0.3, 0.4) is 0 Å². The van der Waals surface area contributed by atoms with Crippen molar-refractivity contribution in [2.75, 3.05) is 36.0 Å². The number of aryl methyl sites for hydroxylation is 2. The van der Waals surface area contributed by atoms with Gasteiger partial charge >= 0.3 is 0 Å². The highest BCUT2D eigenvalue weighted by Crippen LogP contribution is 2.40. The van der Waals surface area contributed by atoms with Gasteiger partial charge in [-0.25, -0.2) is 0 Å². The van der Waals surface area contributed by atoms with Gasteiger partial charge in [0.25, 0.3) is 5.91 Å². The molecular formula is C94H77N5O7S. The first-order chi connectivity index (χ1) is 52.3. The molecule has 0 radical (unpaired) electrons. The number of nitrogens with one attached hydrogen (secondary N) is 2. The minimum absolute atomic E-state index is 0.231. The lowest BCUT2D eigenvalue weighted by Crippen LogP contribution is -2.21. The van der Waals surface area contributed by atoms with Crippen LogP contribution in [0.15, 0.2) is 333 Å². The van der Waals surface area contributed by atoms with Crippen molar-refractivity contribution < 1.29 is 33.4 Å². The van der Waals surface area contributed by atoms with Crippen molar-refractivity contribution in [2.45, 2.75) is 13.8 Å². The zero-order chi connectivity index (χ0) is 74.4. The van der Waals surface area contributed by atoms with Crippen molar-refractivity contribution >= 4 is 123 Å². The summed E-state index contributed by atoms with van der Waals surface area (Å²) < 4.78 is 16.0. The number of methoxy groups -OCH3 is 3. The second kappa shape index (κ2) is 35.4. The zero-order valence-corrected chi connectivity index (χ0v) is 60.6. The van der Waals surface area contributed by atoms with E-state index in [0.29, 0.717) is 27.5 Å². The molecule has 0 aliphatic carbocycles. The van der Waals surface area contributed by atoms with E-state index in [9.17, 15) is 19.2 Å². The molecule has 1 aliphatic heterocycles. The van der Waals surface area contributed by atoms with Crippen LogP contribution in [0, 0.1) is 13.8 Å². The third-order valence-corrected chi connectivity index (χ3v) is 18.1. The SMILES string of the molecule is COc1ccc(N(c2ccc(/C=C3\NC(=S)NC3=O)cc2)c2ccc(/C=C(\c3ccccc3)c3ccc(C)cc3)cc2)cc1.COc1ccc(N(c2ccc(C=O)cc2)c2ccc(/C=C(\c3ccccc3)c3ccc(C)cc3)cc2)cc1.COc1ccc(N(c2ccc(C=O)cc2)c2ccc(C=O)cc2)cc1. The number of carbonyl (C=O) groups excluding carboxylic acids is 4. The number of aldehydes is 3. The van der Waals surface area contributed by atoms with Crippen molar-refractivity contribution in [2.24, 2.45) is 0 Å². The van der Waals surface area contributed by atoms with Crippen LogP contribution in [0.4, 0.5) is 51.2 Å². The second-order valence-corrected chi connectivity index (χ2v) is 25.5. The van der Waals surface area contributed by atoms with Crippen molar-refractivity contribution in [1.82, 2.24) is 10.6 Å². The quantitative estimate of drug-likeness (QED) is 0.0290. The van der Waals surface area contributed by atoms with E-state index in [1.165, 1.54) is 44.5 Å². The highest BCUT2D eigenvalue weighted by Gasteiger charge is 2.21.